The van der Waals surface area contributed by atoms with Crippen LogP contribution in [0.4, 0.5) is 5.69 Å². The van der Waals surface area contributed by atoms with Crippen molar-refractivity contribution < 1.29 is 9.53 Å². The van der Waals surface area contributed by atoms with Gasteiger partial charge in [0.05, 0.1) is 17.6 Å². The molecule has 0 radical (unpaired) electrons. The Hall–Kier alpha value is -3.31. The van der Waals surface area contributed by atoms with Crippen LogP contribution >= 0.6 is 12.4 Å². The standard InChI is InChI=1S/C28H29N3O2.ClH/c1-2-21-11-6-8-15-25(21)31-20-22(19-27(31)32)28-29-24-14-7-9-16-26(24)30(28)17-10-18-33-23-12-4-3-5-13-23;/h3-9,11-16,22H,2,10,17-20H2,1H3;1H. The van der Waals surface area contributed by atoms with Gasteiger partial charge in [0, 0.05) is 31.1 Å². The SMILES string of the molecule is CCc1ccccc1N1CC(c2nc3ccccc3n2CCCOc2ccccc2)CC1=O.Cl. The first-order valence-electron chi connectivity index (χ1n) is 11.8. The van der Waals surface area contributed by atoms with Crippen molar-refractivity contribution in [2.45, 2.75) is 38.6 Å². The number of aromatic nitrogens is 2. The molecule has 1 saturated heterocycles. The van der Waals surface area contributed by atoms with E-state index in [1.54, 1.807) is 0 Å². The van der Waals surface area contributed by atoms with Gasteiger partial charge in [-0.3, -0.25) is 4.79 Å². The van der Waals surface area contributed by atoms with Crippen molar-refractivity contribution in [3.05, 3.63) is 90.3 Å². The predicted octanol–water partition coefficient (Wildman–Crippen LogP) is 6.01. The number of carbonyl (C=O) groups excluding carboxylic acids is 1. The van der Waals surface area contributed by atoms with E-state index in [1.807, 2.05) is 59.5 Å². The third kappa shape index (κ3) is 4.80. The maximum Gasteiger partial charge on any atom is 0.227 e. The highest BCUT2D eigenvalue weighted by Gasteiger charge is 2.35. The van der Waals surface area contributed by atoms with Crippen molar-refractivity contribution in [1.82, 2.24) is 9.55 Å². The predicted molar refractivity (Wildman–Crippen MR) is 139 cm³/mol. The van der Waals surface area contributed by atoms with E-state index in [2.05, 4.69) is 35.8 Å². The number of amides is 1. The molecule has 1 fully saturated rings. The summed E-state index contributed by atoms with van der Waals surface area (Å²) < 4.78 is 8.19. The summed E-state index contributed by atoms with van der Waals surface area (Å²) in [5, 5.41) is 0. The second-order valence-corrected chi connectivity index (χ2v) is 8.51. The number of fused-ring (bicyclic) bond motifs is 1. The zero-order chi connectivity index (χ0) is 22.6. The molecule has 1 amide bonds. The summed E-state index contributed by atoms with van der Waals surface area (Å²) in [6.45, 7) is 4.24. The van der Waals surface area contributed by atoms with Gasteiger partial charge in [0.15, 0.2) is 0 Å². The van der Waals surface area contributed by atoms with Gasteiger partial charge >= 0.3 is 0 Å². The van der Waals surface area contributed by atoms with Gasteiger partial charge < -0.3 is 14.2 Å². The Kier molecular flexibility index (Phi) is 7.53. The van der Waals surface area contributed by atoms with Gasteiger partial charge in [-0.15, -0.1) is 12.4 Å². The maximum atomic E-state index is 13.0. The number of anilines is 1. The lowest BCUT2D eigenvalue weighted by Gasteiger charge is -2.20. The Labute approximate surface area is 206 Å². The molecule has 0 saturated carbocycles. The van der Waals surface area contributed by atoms with Crippen LogP contribution in [-0.4, -0.2) is 28.6 Å². The quantitative estimate of drug-likeness (QED) is 0.293. The van der Waals surface area contributed by atoms with Crippen LogP contribution in [0.15, 0.2) is 78.9 Å². The van der Waals surface area contributed by atoms with E-state index in [4.69, 9.17) is 9.72 Å². The molecule has 1 aliphatic heterocycles. The molecule has 176 valence electrons. The van der Waals surface area contributed by atoms with E-state index >= 15 is 0 Å². The monoisotopic (exact) mass is 475 g/mol. The number of benzene rings is 3. The Balaban J connectivity index is 0.00000274. The topological polar surface area (TPSA) is 47.4 Å². The largest absolute Gasteiger partial charge is 0.494 e. The normalized spacial score (nSPS) is 15.5. The van der Waals surface area contributed by atoms with E-state index in [0.717, 1.165) is 47.7 Å². The van der Waals surface area contributed by atoms with E-state index in [-0.39, 0.29) is 24.2 Å². The van der Waals surface area contributed by atoms with Gasteiger partial charge in [-0.05, 0) is 48.7 Å². The zero-order valence-electron chi connectivity index (χ0n) is 19.4. The number of hydrogen-bond donors (Lipinski definition) is 0. The van der Waals surface area contributed by atoms with Crippen LogP contribution in [0.3, 0.4) is 0 Å². The summed E-state index contributed by atoms with van der Waals surface area (Å²) in [7, 11) is 0. The highest BCUT2D eigenvalue weighted by molar-refractivity contribution is 5.97. The molecule has 1 unspecified atom stereocenters. The van der Waals surface area contributed by atoms with E-state index < -0.39 is 0 Å². The molecule has 2 heterocycles. The number of rotatable bonds is 8. The van der Waals surface area contributed by atoms with Gasteiger partial charge in [-0.1, -0.05) is 55.5 Å². The lowest BCUT2D eigenvalue weighted by atomic mass is 10.1. The van der Waals surface area contributed by atoms with Gasteiger partial charge in [0.1, 0.15) is 11.6 Å². The summed E-state index contributed by atoms with van der Waals surface area (Å²) >= 11 is 0. The summed E-state index contributed by atoms with van der Waals surface area (Å²) in [6, 6.07) is 26.4. The van der Waals surface area contributed by atoms with Crippen molar-refractivity contribution in [3.63, 3.8) is 0 Å². The first kappa shape index (κ1) is 23.8. The van der Waals surface area contributed by atoms with Crippen molar-refractivity contribution in [2.24, 2.45) is 0 Å². The molecule has 34 heavy (non-hydrogen) atoms. The minimum Gasteiger partial charge on any atom is -0.494 e. The Morgan fingerprint density at radius 3 is 2.53 bits per heavy atom. The van der Waals surface area contributed by atoms with Crippen LogP contribution in [-0.2, 0) is 17.8 Å². The van der Waals surface area contributed by atoms with Crippen LogP contribution in [0, 0.1) is 0 Å². The molecule has 0 bridgehead atoms. The zero-order valence-corrected chi connectivity index (χ0v) is 20.2. The molecular weight excluding hydrogens is 446 g/mol. The fourth-order valence-electron chi connectivity index (χ4n) is 4.76. The lowest BCUT2D eigenvalue weighted by molar-refractivity contribution is -0.117. The van der Waals surface area contributed by atoms with Gasteiger partial charge in [-0.25, -0.2) is 4.98 Å². The third-order valence-corrected chi connectivity index (χ3v) is 6.38. The minimum absolute atomic E-state index is 0. The number of carbonyl (C=O) groups is 1. The van der Waals surface area contributed by atoms with Crippen LogP contribution in [0.2, 0.25) is 0 Å². The first-order valence-corrected chi connectivity index (χ1v) is 11.8. The highest BCUT2D eigenvalue weighted by atomic mass is 35.5. The van der Waals surface area contributed by atoms with Gasteiger partial charge in [-0.2, -0.15) is 0 Å². The average Bonchev–Trinajstić information content (AvgIpc) is 3.43. The Bertz CT molecular complexity index is 1250. The number of nitrogens with zero attached hydrogens (tertiary/aromatic N) is 3. The average molecular weight is 476 g/mol. The van der Waals surface area contributed by atoms with E-state index in [1.165, 1.54) is 5.56 Å². The molecule has 1 aromatic heterocycles. The molecule has 5 rings (SSSR count). The minimum atomic E-state index is 0. The summed E-state index contributed by atoms with van der Waals surface area (Å²) in [5.41, 5.74) is 4.34. The Morgan fingerprint density at radius 2 is 1.71 bits per heavy atom. The fraction of sp³-hybridized carbons (Fsp3) is 0.286. The van der Waals surface area contributed by atoms with Crippen molar-refractivity contribution in [2.75, 3.05) is 18.1 Å². The number of aryl methyl sites for hydroxylation is 2. The van der Waals surface area contributed by atoms with Crippen molar-refractivity contribution >= 4 is 35.0 Å². The number of ether oxygens (including phenoxy) is 1. The molecule has 1 aliphatic rings. The molecule has 0 N–H and O–H groups in total. The van der Waals surface area contributed by atoms with E-state index in [9.17, 15) is 4.79 Å². The fourth-order valence-corrected chi connectivity index (χ4v) is 4.76. The summed E-state index contributed by atoms with van der Waals surface area (Å²) in [5.74, 6) is 2.14. The first-order chi connectivity index (χ1) is 16.2. The molecule has 6 heteroatoms. The molecule has 0 aliphatic carbocycles. The molecule has 0 spiro atoms. The summed E-state index contributed by atoms with van der Waals surface area (Å²) in [4.78, 5) is 20.0. The molecule has 1 atom stereocenters. The molecular formula is C28H30ClN3O2. The van der Waals surface area contributed by atoms with Crippen LogP contribution in [0.25, 0.3) is 11.0 Å². The second kappa shape index (κ2) is 10.7. The number of halogens is 1. The number of hydrogen-bond acceptors (Lipinski definition) is 3. The van der Waals surface area contributed by atoms with Gasteiger partial charge in [0.2, 0.25) is 5.91 Å². The van der Waals surface area contributed by atoms with Crippen LogP contribution in [0.5, 0.6) is 5.75 Å². The maximum absolute atomic E-state index is 13.0. The van der Waals surface area contributed by atoms with Crippen LogP contribution < -0.4 is 9.64 Å². The summed E-state index contributed by atoms with van der Waals surface area (Å²) in [6.07, 6.45) is 2.26. The van der Waals surface area contributed by atoms with Crippen LogP contribution in [0.1, 0.15) is 37.1 Å². The molecule has 4 aromatic rings. The Morgan fingerprint density at radius 1 is 0.971 bits per heavy atom. The number of imidazole rings is 1. The molecule has 5 nitrogen and oxygen atoms in total. The number of para-hydroxylation sites is 4. The molecule has 3 aromatic carbocycles. The van der Waals surface area contributed by atoms with E-state index in [0.29, 0.717) is 19.6 Å². The third-order valence-electron chi connectivity index (χ3n) is 6.38. The lowest BCUT2D eigenvalue weighted by Crippen LogP contribution is -2.25. The van der Waals surface area contributed by atoms with Gasteiger partial charge in [0.25, 0.3) is 0 Å². The van der Waals surface area contributed by atoms with Crippen molar-refractivity contribution in [1.29, 1.82) is 0 Å². The smallest absolute Gasteiger partial charge is 0.227 e. The second-order valence-electron chi connectivity index (χ2n) is 8.51. The highest BCUT2D eigenvalue weighted by Crippen LogP contribution is 2.34. The van der Waals surface area contributed by atoms with Crippen molar-refractivity contribution in [3.8, 4) is 5.75 Å².